The third-order valence-electron chi connectivity index (χ3n) is 5.47. The quantitative estimate of drug-likeness (QED) is 0.358. The first kappa shape index (κ1) is 16.1. The van der Waals surface area contributed by atoms with Gasteiger partial charge in [-0.05, 0) is 31.1 Å². The summed E-state index contributed by atoms with van der Waals surface area (Å²) in [6.07, 6.45) is 4.14. The number of amides is 1. The third kappa shape index (κ3) is 3.00. The summed E-state index contributed by atoms with van der Waals surface area (Å²) >= 11 is 0. The summed E-state index contributed by atoms with van der Waals surface area (Å²) in [5, 5.41) is 12.2. The fourth-order valence-electron chi connectivity index (χ4n) is 3.30. The number of oxime groups is 1. The molecule has 2 saturated heterocycles. The Morgan fingerprint density at radius 1 is 1.29 bits per heavy atom. The average molecular weight is 297 g/mol. The Balaban J connectivity index is 2.13. The van der Waals surface area contributed by atoms with E-state index in [1.807, 2.05) is 4.90 Å². The molecule has 0 saturated carbocycles. The molecule has 2 aliphatic heterocycles. The van der Waals surface area contributed by atoms with Crippen LogP contribution in [0.25, 0.3) is 0 Å². The van der Waals surface area contributed by atoms with Crippen LogP contribution in [-0.4, -0.2) is 48.2 Å². The first-order chi connectivity index (χ1) is 9.97. The number of carbonyl (C=O) groups is 1. The molecule has 0 unspecified atom stereocenters. The zero-order chi connectivity index (χ0) is 15.5. The van der Waals surface area contributed by atoms with E-state index in [4.69, 9.17) is 15.7 Å². The number of hydrogen-bond acceptors (Lipinski definition) is 4. The van der Waals surface area contributed by atoms with E-state index in [-0.39, 0.29) is 11.7 Å². The predicted octanol–water partition coefficient (Wildman–Crippen LogP) is 1.57. The second-order valence-electron chi connectivity index (χ2n) is 6.64. The van der Waals surface area contributed by atoms with Crippen LogP contribution in [0.1, 0.15) is 46.0 Å². The Bertz CT molecular complexity index is 408. The molecule has 21 heavy (non-hydrogen) atoms. The van der Waals surface area contributed by atoms with Crippen molar-refractivity contribution in [3.63, 3.8) is 0 Å². The summed E-state index contributed by atoms with van der Waals surface area (Å²) in [6, 6.07) is 0. The van der Waals surface area contributed by atoms with Crippen molar-refractivity contribution in [2.24, 2.45) is 21.7 Å². The van der Waals surface area contributed by atoms with Crippen molar-refractivity contribution in [3.05, 3.63) is 0 Å². The number of amidine groups is 1. The molecule has 2 rings (SSSR count). The second kappa shape index (κ2) is 6.22. The minimum Gasteiger partial charge on any atom is -0.409 e. The lowest BCUT2D eigenvalue weighted by atomic mass is 9.75. The van der Waals surface area contributed by atoms with Crippen LogP contribution in [0, 0.1) is 10.8 Å². The molecule has 0 aliphatic carbocycles. The molecule has 0 aromatic carbocycles. The second-order valence-corrected chi connectivity index (χ2v) is 6.64. The molecular weight excluding hydrogens is 270 g/mol. The summed E-state index contributed by atoms with van der Waals surface area (Å²) < 4.78 is 5.34. The number of carbonyl (C=O) groups excluding carboxylic acids is 1. The minimum absolute atomic E-state index is 0.000692. The van der Waals surface area contributed by atoms with Crippen molar-refractivity contribution in [2.75, 3.05) is 26.3 Å². The number of piperidine rings is 1. The van der Waals surface area contributed by atoms with Crippen LogP contribution in [0.4, 0.5) is 0 Å². The topological polar surface area (TPSA) is 88.2 Å². The lowest BCUT2D eigenvalue weighted by Crippen LogP contribution is -2.56. The smallest absolute Gasteiger partial charge is 0.236 e. The maximum absolute atomic E-state index is 13.0. The van der Waals surface area contributed by atoms with Crippen molar-refractivity contribution in [1.82, 2.24) is 4.90 Å². The molecule has 0 aromatic heterocycles. The van der Waals surface area contributed by atoms with Crippen LogP contribution < -0.4 is 5.73 Å². The molecule has 0 atom stereocenters. The van der Waals surface area contributed by atoms with E-state index in [1.54, 1.807) is 0 Å². The zero-order valence-corrected chi connectivity index (χ0v) is 13.1. The van der Waals surface area contributed by atoms with Crippen LogP contribution in [-0.2, 0) is 9.53 Å². The van der Waals surface area contributed by atoms with Gasteiger partial charge in [-0.3, -0.25) is 4.79 Å². The number of hydrogen-bond donors (Lipinski definition) is 2. The molecule has 3 N–H and O–H groups in total. The molecule has 0 bridgehead atoms. The molecule has 0 aromatic rings. The summed E-state index contributed by atoms with van der Waals surface area (Å²) in [5.41, 5.74) is 5.31. The van der Waals surface area contributed by atoms with Crippen molar-refractivity contribution in [1.29, 1.82) is 0 Å². The Kier molecular flexibility index (Phi) is 4.76. The Hall–Kier alpha value is -1.30. The SMILES string of the molecule is CCC1(C)CCN(C(=O)C2(C(N)=NO)CCOCC2)CC1. The van der Waals surface area contributed by atoms with E-state index < -0.39 is 5.41 Å². The highest BCUT2D eigenvalue weighted by Crippen LogP contribution is 2.38. The van der Waals surface area contributed by atoms with E-state index in [2.05, 4.69) is 19.0 Å². The Morgan fingerprint density at radius 2 is 1.86 bits per heavy atom. The summed E-state index contributed by atoms with van der Waals surface area (Å²) in [4.78, 5) is 14.9. The van der Waals surface area contributed by atoms with Crippen LogP contribution in [0.3, 0.4) is 0 Å². The molecule has 6 heteroatoms. The average Bonchev–Trinajstić information content (AvgIpc) is 2.54. The van der Waals surface area contributed by atoms with Gasteiger partial charge in [0.25, 0.3) is 0 Å². The number of nitrogens with zero attached hydrogens (tertiary/aromatic N) is 2. The summed E-state index contributed by atoms with van der Waals surface area (Å²) in [6.45, 7) is 6.94. The number of rotatable bonds is 3. The number of ether oxygens (including phenoxy) is 1. The minimum atomic E-state index is -0.882. The third-order valence-corrected chi connectivity index (χ3v) is 5.47. The van der Waals surface area contributed by atoms with Gasteiger partial charge in [-0.1, -0.05) is 25.4 Å². The molecule has 2 fully saturated rings. The largest absolute Gasteiger partial charge is 0.409 e. The first-order valence-electron chi connectivity index (χ1n) is 7.82. The van der Waals surface area contributed by atoms with Crippen molar-refractivity contribution >= 4 is 11.7 Å². The lowest BCUT2D eigenvalue weighted by Gasteiger charge is -2.44. The highest BCUT2D eigenvalue weighted by molar-refractivity contribution is 6.06. The van der Waals surface area contributed by atoms with Gasteiger partial charge in [0.05, 0.1) is 0 Å². The predicted molar refractivity (Wildman–Crippen MR) is 80.1 cm³/mol. The molecule has 1 amide bonds. The maximum Gasteiger partial charge on any atom is 0.236 e. The fraction of sp³-hybridized carbons (Fsp3) is 0.867. The van der Waals surface area contributed by atoms with Gasteiger partial charge in [-0.25, -0.2) is 0 Å². The lowest BCUT2D eigenvalue weighted by molar-refractivity contribution is -0.145. The van der Waals surface area contributed by atoms with Crippen LogP contribution >= 0.6 is 0 Å². The standard InChI is InChI=1S/C15H27N3O3/c1-3-14(2)4-8-18(9-5-14)13(19)15(12(16)17-20)6-10-21-11-7-15/h20H,3-11H2,1-2H3,(H2,16,17). The summed E-state index contributed by atoms with van der Waals surface area (Å²) in [5.74, 6) is 0.0267. The van der Waals surface area contributed by atoms with E-state index >= 15 is 0 Å². The molecule has 6 nitrogen and oxygen atoms in total. The van der Waals surface area contributed by atoms with Crippen LogP contribution in [0.15, 0.2) is 5.16 Å². The highest BCUT2D eigenvalue weighted by Gasteiger charge is 2.47. The van der Waals surface area contributed by atoms with Gasteiger partial charge < -0.3 is 20.6 Å². The van der Waals surface area contributed by atoms with Gasteiger partial charge in [0.1, 0.15) is 5.41 Å². The maximum atomic E-state index is 13.0. The van der Waals surface area contributed by atoms with Crippen molar-refractivity contribution in [2.45, 2.75) is 46.0 Å². The summed E-state index contributed by atoms with van der Waals surface area (Å²) in [7, 11) is 0. The zero-order valence-electron chi connectivity index (χ0n) is 13.1. The Morgan fingerprint density at radius 3 is 2.33 bits per heavy atom. The van der Waals surface area contributed by atoms with Gasteiger partial charge in [0.2, 0.25) is 5.91 Å². The molecular formula is C15H27N3O3. The number of likely N-dealkylation sites (tertiary alicyclic amines) is 1. The van der Waals surface area contributed by atoms with E-state index in [0.29, 0.717) is 31.5 Å². The van der Waals surface area contributed by atoms with Gasteiger partial charge in [-0.15, -0.1) is 0 Å². The monoisotopic (exact) mass is 297 g/mol. The Labute approximate surface area is 126 Å². The fourth-order valence-corrected chi connectivity index (χ4v) is 3.30. The van der Waals surface area contributed by atoms with Gasteiger partial charge >= 0.3 is 0 Å². The van der Waals surface area contributed by atoms with E-state index in [0.717, 1.165) is 32.4 Å². The van der Waals surface area contributed by atoms with Crippen molar-refractivity contribution in [3.8, 4) is 0 Å². The van der Waals surface area contributed by atoms with Gasteiger partial charge in [0, 0.05) is 26.3 Å². The molecule has 2 aliphatic rings. The van der Waals surface area contributed by atoms with Crippen LogP contribution in [0.5, 0.6) is 0 Å². The number of nitrogens with two attached hydrogens (primary N) is 1. The van der Waals surface area contributed by atoms with Gasteiger partial charge in [-0.2, -0.15) is 0 Å². The van der Waals surface area contributed by atoms with Crippen LogP contribution in [0.2, 0.25) is 0 Å². The van der Waals surface area contributed by atoms with Crippen molar-refractivity contribution < 1.29 is 14.7 Å². The van der Waals surface area contributed by atoms with Gasteiger partial charge in [0.15, 0.2) is 5.84 Å². The molecule has 0 spiro atoms. The normalized spacial score (nSPS) is 25.6. The molecule has 0 radical (unpaired) electrons. The van der Waals surface area contributed by atoms with E-state index in [9.17, 15) is 4.79 Å². The highest BCUT2D eigenvalue weighted by atomic mass is 16.5. The molecule has 2 heterocycles. The van der Waals surface area contributed by atoms with E-state index in [1.165, 1.54) is 0 Å². The first-order valence-corrected chi connectivity index (χ1v) is 7.82. The molecule has 120 valence electrons.